The molecule has 2 aliphatic heterocycles. The molecule has 10 heteroatoms. The van der Waals surface area contributed by atoms with Gasteiger partial charge in [0, 0.05) is 61.8 Å². The molecule has 1 amide bonds. The Bertz CT molecular complexity index is 1440. The highest BCUT2D eigenvalue weighted by molar-refractivity contribution is 6.05. The number of aromatic nitrogens is 2. The molecule has 0 aliphatic carbocycles. The van der Waals surface area contributed by atoms with Crippen LogP contribution in [0.15, 0.2) is 41.5 Å². The van der Waals surface area contributed by atoms with Crippen LogP contribution < -0.4 is 16.4 Å². The molecule has 2 fully saturated rings. The number of quaternary nitrogens is 1. The molecule has 5 rings (SSSR count). The normalized spacial score (nSPS) is 18.0. The third-order valence-electron chi connectivity index (χ3n) is 8.32. The number of fused-ring (bicyclic) bond motifs is 1. The summed E-state index contributed by atoms with van der Waals surface area (Å²) in [5, 5.41) is 19.9. The van der Waals surface area contributed by atoms with E-state index in [4.69, 9.17) is 20.7 Å². The number of piperidine rings is 1. The summed E-state index contributed by atoms with van der Waals surface area (Å²) in [6.45, 7) is 10.8. The number of hydrogen-bond acceptors (Lipinski definition) is 7. The Morgan fingerprint density at radius 1 is 1.26 bits per heavy atom. The SMILES string of the molecule is COC(C)(C)c1cc(N)c(C=NC2CC[N+]3(CCNCC3)CC2)cc1NC(=O)c1ccc2cc(C#N)cnn12. The molecule has 0 atom stereocenters. The summed E-state index contributed by atoms with van der Waals surface area (Å²) in [5.41, 5.74) is 9.94. The lowest BCUT2D eigenvalue weighted by atomic mass is 9.93. The first kappa shape index (κ1) is 26.8. The third-order valence-corrected chi connectivity index (χ3v) is 8.32. The highest BCUT2D eigenvalue weighted by Gasteiger charge is 2.34. The van der Waals surface area contributed by atoms with Crippen molar-refractivity contribution in [3.63, 3.8) is 0 Å². The summed E-state index contributed by atoms with van der Waals surface area (Å²) in [4.78, 5) is 18.3. The number of amides is 1. The number of hydrogen-bond donors (Lipinski definition) is 3. The van der Waals surface area contributed by atoms with Crippen molar-refractivity contribution in [3.05, 3.63) is 58.9 Å². The Labute approximate surface area is 229 Å². The van der Waals surface area contributed by atoms with Crippen LogP contribution in [0.25, 0.3) is 5.52 Å². The number of nitrogens with two attached hydrogens (primary N) is 1. The van der Waals surface area contributed by atoms with E-state index in [9.17, 15) is 4.79 Å². The molecular weight excluding hydrogens is 492 g/mol. The number of nitrogens with zero attached hydrogens (tertiary/aromatic N) is 5. The Morgan fingerprint density at radius 2 is 2.00 bits per heavy atom. The van der Waals surface area contributed by atoms with Gasteiger partial charge in [-0.25, -0.2) is 4.52 Å². The minimum absolute atomic E-state index is 0.271. The molecule has 0 unspecified atom stereocenters. The first-order chi connectivity index (χ1) is 18.7. The molecule has 0 saturated carbocycles. The van der Waals surface area contributed by atoms with Crippen LogP contribution in [0.1, 0.15) is 53.9 Å². The second-order valence-electron chi connectivity index (χ2n) is 11.1. The Hall–Kier alpha value is -3.78. The molecule has 39 heavy (non-hydrogen) atoms. The van der Waals surface area contributed by atoms with E-state index >= 15 is 0 Å². The first-order valence-electron chi connectivity index (χ1n) is 13.5. The monoisotopic (exact) mass is 529 g/mol. The second kappa shape index (κ2) is 10.8. The van der Waals surface area contributed by atoms with Gasteiger partial charge in [0.2, 0.25) is 0 Å². The maximum atomic E-state index is 13.4. The lowest BCUT2D eigenvalue weighted by Gasteiger charge is -2.45. The minimum Gasteiger partial charge on any atom is -0.398 e. The zero-order chi connectivity index (χ0) is 27.6. The van der Waals surface area contributed by atoms with Crippen LogP contribution in [0.2, 0.25) is 0 Å². The van der Waals surface area contributed by atoms with Gasteiger partial charge in [-0.2, -0.15) is 10.4 Å². The molecule has 4 N–H and O–H groups in total. The average Bonchev–Trinajstić information content (AvgIpc) is 3.38. The van der Waals surface area contributed by atoms with Gasteiger partial charge in [-0.3, -0.25) is 9.79 Å². The zero-order valence-corrected chi connectivity index (χ0v) is 22.9. The van der Waals surface area contributed by atoms with Crippen LogP contribution >= 0.6 is 0 Å². The van der Waals surface area contributed by atoms with Gasteiger partial charge in [0.05, 0.1) is 55.1 Å². The fourth-order valence-corrected chi connectivity index (χ4v) is 5.63. The van der Waals surface area contributed by atoms with Gasteiger partial charge in [-0.05, 0) is 44.2 Å². The van der Waals surface area contributed by atoms with E-state index in [0.717, 1.165) is 50.1 Å². The molecule has 1 aromatic carbocycles. The van der Waals surface area contributed by atoms with Gasteiger partial charge in [0.25, 0.3) is 5.91 Å². The van der Waals surface area contributed by atoms with Crippen LogP contribution in [0.5, 0.6) is 0 Å². The standard InChI is InChI=1S/C29H36N8O2/c1-29(2,39-3)24-16-25(31)21(19-33-22-6-10-37(11-7-22)12-8-32-9-13-37)15-26(24)35-28(38)27-5-4-23-14-20(17-30)18-34-36(23)27/h4-5,14-16,18-19,22,32H,6-13H2,1-3H3,(H2-,31,33,34,35,38)/p+1. The Balaban J connectivity index is 1.39. The van der Waals surface area contributed by atoms with E-state index in [-0.39, 0.29) is 11.9 Å². The molecule has 2 saturated heterocycles. The van der Waals surface area contributed by atoms with Gasteiger partial charge in [0.15, 0.2) is 0 Å². The van der Waals surface area contributed by atoms with Gasteiger partial charge < -0.3 is 25.6 Å². The molecule has 10 nitrogen and oxygen atoms in total. The highest BCUT2D eigenvalue weighted by Crippen LogP contribution is 2.34. The Kier molecular flexibility index (Phi) is 7.40. The lowest BCUT2D eigenvalue weighted by Crippen LogP contribution is -2.61. The number of nitrogen functional groups attached to an aromatic ring is 1. The van der Waals surface area contributed by atoms with E-state index < -0.39 is 5.60 Å². The average molecular weight is 530 g/mol. The van der Waals surface area contributed by atoms with E-state index in [1.165, 1.54) is 28.3 Å². The summed E-state index contributed by atoms with van der Waals surface area (Å²) < 4.78 is 8.47. The van der Waals surface area contributed by atoms with Crippen LogP contribution in [-0.2, 0) is 10.3 Å². The van der Waals surface area contributed by atoms with Crippen LogP contribution in [0.4, 0.5) is 11.4 Å². The molecule has 0 radical (unpaired) electrons. The van der Waals surface area contributed by atoms with Crippen LogP contribution in [-0.4, -0.2) is 78.6 Å². The summed E-state index contributed by atoms with van der Waals surface area (Å²) in [6.07, 6.45) is 5.43. The number of nitrogens with one attached hydrogen (secondary N) is 2. The molecule has 1 spiro atoms. The lowest BCUT2D eigenvalue weighted by molar-refractivity contribution is -0.934. The molecule has 204 valence electrons. The Morgan fingerprint density at radius 3 is 2.69 bits per heavy atom. The van der Waals surface area contributed by atoms with Crippen LogP contribution in [0.3, 0.4) is 0 Å². The fourth-order valence-electron chi connectivity index (χ4n) is 5.63. The van der Waals surface area contributed by atoms with Crippen molar-refractivity contribution >= 4 is 29.0 Å². The zero-order valence-electron chi connectivity index (χ0n) is 22.9. The maximum absolute atomic E-state index is 13.4. The summed E-state index contributed by atoms with van der Waals surface area (Å²) >= 11 is 0. The van der Waals surface area contributed by atoms with E-state index in [0.29, 0.717) is 28.1 Å². The van der Waals surface area contributed by atoms with Gasteiger partial charge >= 0.3 is 0 Å². The van der Waals surface area contributed by atoms with E-state index in [1.807, 2.05) is 32.2 Å². The quantitative estimate of drug-likeness (QED) is 0.256. The topological polar surface area (TPSA) is 130 Å². The number of carbonyl (C=O) groups excluding carboxylic acids is 1. The number of aliphatic imine (C=N–C) groups is 1. The minimum atomic E-state index is -0.696. The number of rotatable bonds is 6. The summed E-state index contributed by atoms with van der Waals surface area (Å²) in [5.74, 6) is -0.328. The van der Waals surface area contributed by atoms with Gasteiger partial charge in [0.1, 0.15) is 11.8 Å². The molecule has 3 aromatic rings. The summed E-state index contributed by atoms with van der Waals surface area (Å²) in [7, 11) is 1.63. The van der Waals surface area contributed by atoms with Crippen molar-refractivity contribution < 1.29 is 14.0 Å². The number of nitriles is 1. The van der Waals surface area contributed by atoms with Crippen molar-refractivity contribution in [2.75, 3.05) is 57.4 Å². The van der Waals surface area contributed by atoms with Crippen molar-refractivity contribution in [1.82, 2.24) is 14.9 Å². The number of anilines is 2. The number of carbonyl (C=O) groups is 1. The molecular formula is C29H37N8O2+. The van der Waals surface area contributed by atoms with Crippen molar-refractivity contribution in [2.45, 2.75) is 38.3 Å². The predicted octanol–water partition coefficient (Wildman–Crippen LogP) is 2.92. The molecule has 2 aromatic heterocycles. The van der Waals surface area contributed by atoms with Crippen LogP contribution in [0, 0.1) is 11.3 Å². The smallest absolute Gasteiger partial charge is 0.274 e. The number of piperazine rings is 1. The predicted molar refractivity (Wildman–Crippen MR) is 152 cm³/mol. The molecule has 4 heterocycles. The van der Waals surface area contributed by atoms with Gasteiger partial charge in [-0.15, -0.1) is 0 Å². The van der Waals surface area contributed by atoms with Crippen molar-refractivity contribution in [2.24, 2.45) is 4.99 Å². The van der Waals surface area contributed by atoms with E-state index in [1.54, 1.807) is 25.3 Å². The maximum Gasteiger partial charge on any atom is 0.274 e. The second-order valence-corrected chi connectivity index (χ2v) is 11.1. The number of ether oxygens (including phenoxy) is 1. The van der Waals surface area contributed by atoms with Crippen molar-refractivity contribution in [1.29, 1.82) is 5.26 Å². The van der Waals surface area contributed by atoms with Crippen molar-refractivity contribution in [3.8, 4) is 6.07 Å². The fraction of sp³-hybridized carbons (Fsp3) is 0.448. The summed E-state index contributed by atoms with van der Waals surface area (Å²) in [6, 6.07) is 11.2. The number of benzene rings is 1. The third kappa shape index (κ3) is 5.52. The first-order valence-corrected chi connectivity index (χ1v) is 13.5. The largest absolute Gasteiger partial charge is 0.398 e. The molecule has 2 aliphatic rings. The van der Waals surface area contributed by atoms with Gasteiger partial charge in [-0.1, -0.05) is 0 Å². The number of methoxy groups -OCH3 is 1. The highest BCUT2D eigenvalue weighted by atomic mass is 16.5. The van der Waals surface area contributed by atoms with E-state index in [2.05, 4.69) is 21.8 Å². The molecule has 0 bridgehead atoms.